The van der Waals surface area contributed by atoms with Crippen molar-refractivity contribution >= 4 is 58.2 Å². The minimum atomic E-state index is -0.555. The van der Waals surface area contributed by atoms with Gasteiger partial charge in [-0.2, -0.15) is 0 Å². The molecule has 28 heavy (non-hydrogen) atoms. The van der Waals surface area contributed by atoms with Crippen molar-refractivity contribution in [1.82, 2.24) is 10.9 Å². The summed E-state index contributed by atoms with van der Waals surface area (Å²) in [7, 11) is 0. The van der Waals surface area contributed by atoms with Gasteiger partial charge in [-0.25, -0.2) is 0 Å². The normalized spacial score (nSPS) is 10.1. The van der Waals surface area contributed by atoms with Gasteiger partial charge in [0.2, 0.25) is 11.8 Å². The monoisotopic (exact) mass is 443 g/mol. The van der Waals surface area contributed by atoms with E-state index in [1.165, 1.54) is 6.07 Å². The number of carbonyl (C=O) groups excluding carboxylic acids is 3. The Kier molecular flexibility index (Phi) is 8.38. The minimum Gasteiger partial charge on any atom is -0.484 e. The molecule has 0 saturated carbocycles. The van der Waals surface area contributed by atoms with Gasteiger partial charge < -0.3 is 10.1 Å². The molecule has 0 saturated heterocycles. The highest BCUT2D eigenvalue weighted by Crippen LogP contribution is 2.25. The second-order valence-corrected chi connectivity index (χ2v) is 6.79. The molecule has 0 unspecified atom stereocenters. The number of hydrazine groups is 1. The number of rotatable bonds is 7. The average molecular weight is 445 g/mol. The van der Waals surface area contributed by atoms with E-state index in [1.54, 1.807) is 36.4 Å². The van der Waals surface area contributed by atoms with Gasteiger partial charge in [0.05, 0.1) is 10.7 Å². The smallest absolute Gasteiger partial charge is 0.276 e. The lowest BCUT2D eigenvalue weighted by Gasteiger charge is -2.09. The summed E-state index contributed by atoms with van der Waals surface area (Å²) >= 11 is 17.5. The van der Waals surface area contributed by atoms with E-state index in [2.05, 4.69) is 16.2 Å². The first-order valence-electron chi connectivity index (χ1n) is 8.04. The van der Waals surface area contributed by atoms with Crippen molar-refractivity contribution in [3.8, 4) is 5.75 Å². The van der Waals surface area contributed by atoms with Crippen LogP contribution in [0.3, 0.4) is 0 Å². The zero-order chi connectivity index (χ0) is 20.5. The maximum atomic E-state index is 11.9. The lowest BCUT2D eigenvalue weighted by Crippen LogP contribution is -2.44. The third-order valence-corrected chi connectivity index (χ3v) is 4.11. The molecule has 10 heteroatoms. The number of nitrogens with one attached hydrogen (secondary N) is 3. The summed E-state index contributed by atoms with van der Waals surface area (Å²) in [5, 5.41) is 3.85. The Hall–Kier alpha value is -2.48. The highest BCUT2D eigenvalue weighted by Gasteiger charge is 2.10. The third kappa shape index (κ3) is 7.64. The first-order chi connectivity index (χ1) is 13.3. The summed E-state index contributed by atoms with van der Waals surface area (Å²) < 4.78 is 5.23. The molecule has 7 nitrogen and oxygen atoms in total. The van der Waals surface area contributed by atoms with E-state index in [4.69, 9.17) is 39.5 Å². The predicted octanol–water partition coefficient (Wildman–Crippen LogP) is 3.59. The van der Waals surface area contributed by atoms with Crippen LogP contribution in [0, 0.1) is 0 Å². The molecule has 148 valence electrons. The molecule has 0 spiro atoms. The van der Waals surface area contributed by atoms with E-state index in [0.717, 1.165) is 0 Å². The molecule has 0 atom stereocenters. The molecule has 2 rings (SSSR count). The molecule has 2 aromatic carbocycles. The number of halogens is 3. The number of hydrogen-bond donors (Lipinski definition) is 3. The average Bonchev–Trinajstić information content (AvgIpc) is 2.66. The van der Waals surface area contributed by atoms with E-state index in [0.29, 0.717) is 26.5 Å². The number of benzene rings is 2. The van der Waals surface area contributed by atoms with Crippen molar-refractivity contribution < 1.29 is 19.1 Å². The van der Waals surface area contributed by atoms with Crippen LogP contribution in [-0.4, -0.2) is 24.3 Å². The summed E-state index contributed by atoms with van der Waals surface area (Å²) in [5.41, 5.74) is 4.79. The Morgan fingerprint density at radius 2 is 1.39 bits per heavy atom. The summed E-state index contributed by atoms with van der Waals surface area (Å²) in [6.45, 7) is -0.294. The Bertz CT molecular complexity index is 860. The van der Waals surface area contributed by atoms with Crippen molar-refractivity contribution in [1.29, 1.82) is 0 Å². The van der Waals surface area contributed by atoms with Gasteiger partial charge in [-0.05, 0) is 42.5 Å². The number of carbonyl (C=O) groups is 3. The summed E-state index contributed by atoms with van der Waals surface area (Å²) in [6, 6.07) is 11.1. The molecule has 3 N–H and O–H groups in total. The van der Waals surface area contributed by atoms with Crippen LogP contribution in [-0.2, 0) is 14.4 Å². The Morgan fingerprint density at radius 3 is 2.07 bits per heavy atom. The molecule has 0 heterocycles. The standard InChI is InChI=1S/C18H16Cl3N3O4/c19-11-1-4-13(5-2-11)28-10-18(27)24-23-17(26)8-7-16(25)22-15-6-3-12(20)9-14(15)21/h1-6,9H,7-8,10H2,(H,22,25)(H,23,26)(H,24,27). The second kappa shape index (κ2) is 10.8. The molecule has 0 radical (unpaired) electrons. The molecule has 2 aromatic rings. The molecule has 0 bridgehead atoms. The minimum absolute atomic E-state index is 0.0953. The van der Waals surface area contributed by atoms with Gasteiger partial charge in [0, 0.05) is 22.9 Å². The van der Waals surface area contributed by atoms with Crippen LogP contribution < -0.4 is 20.9 Å². The van der Waals surface area contributed by atoms with Crippen molar-refractivity contribution in [3.05, 3.63) is 57.5 Å². The SMILES string of the molecule is O=C(CCC(=O)Nc1ccc(Cl)cc1Cl)NNC(=O)COc1ccc(Cl)cc1. The van der Waals surface area contributed by atoms with Crippen molar-refractivity contribution in [2.24, 2.45) is 0 Å². The molecule has 0 aromatic heterocycles. The molecule has 0 fully saturated rings. The predicted molar refractivity (Wildman–Crippen MR) is 108 cm³/mol. The Balaban J connectivity index is 1.65. The molecular weight excluding hydrogens is 429 g/mol. The molecule has 3 amide bonds. The van der Waals surface area contributed by atoms with Crippen molar-refractivity contribution in [2.75, 3.05) is 11.9 Å². The fraction of sp³-hybridized carbons (Fsp3) is 0.167. The topological polar surface area (TPSA) is 96.5 Å². The highest BCUT2D eigenvalue weighted by molar-refractivity contribution is 6.36. The lowest BCUT2D eigenvalue weighted by atomic mass is 10.2. The Labute approximate surface area is 176 Å². The van der Waals surface area contributed by atoms with E-state index in [-0.39, 0.29) is 19.4 Å². The largest absolute Gasteiger partial charge is 0.484 e. The quantitative estimate of drug-likeness (QED) is 0.569. The molecule has 0 aliphatic heterocycles. The lowest BCUT2D eigenvalue weighted by molar-refractivity contribution is -0.130. The van der Waals surface area contributed by atoms with Crippen molar-refractivity contribution in [3.63, 3.8) is 0 Å². The van der Waals surface area contributed by atoms with Crippen LogP contribution >= 0.6 is 34.8 Å². The second-order valence-electron chi connectivity index (χ2n) is 5.51. The molecule has 0 aliphatic carbocycles. The maximum absolute atomic E-state index is 11.9. The molecule has 0 aliphatic rings. The van der Waals surface area contributed by atoms with Gasteiger partial charge in [-0.3, -0.25) is 25.2 Å². The van der Waals surface area contributed by atoms with Crippen molar-refractivity contribution in [2.45, 2.75) is 12.8 Å². The fourth-order valence-electron chi connectivity index (χ4n) is 1.95. The summed E-state index contributed by atoms with van der Waals surface area (Å²) in [6.07, 6.45) is -0.225. The van der Waals surface area contributed by atoms with Crippen LogP contribution in [0.5, 0.6) is 5.75 Å². The highest BCUT2D eigenvalue weighted by atomic mass is 35.5. The van der Waals surface area contributed by atoms with E-state index < -0.39 is 17.7 Å². The summed E-state index contributed by atoms with van der Waals surface area (Å²) in [5.74, 6) is -1.03. The number of hydrogen-bond acceptors (Lipinski definition) is 4. The van der Waals surface area contributed by atoms with Crippen LogP contribution in [0.1, 0.15) is 12.8 Å². The van der Waals surface area contributed by atoms with Crippen LogP contribution in [0.4, 0.5) is 5.69 Å². The van der Waals surface area contributed by atoms with E-state index >= 15 is 0 Å². The number of ether oxygens (including phenoxy) is 1. The van der Waals surface area contributed by atoms with E-state index in [1.807, 2.05) is 0 Å². The van der Waals surface area contributed by atoms with E-state index in [9.17, 15) is 14.4 Å². The van der Waals surface area contributed by atoms with Gasteiger partial charge >= 0.3 is 0 Å². The van der Waals surface area contributed by atoms with Crippen LogP contribution in [0.2, 0.25) is 15.1 Å². The van der Waals surface area contributed by atoms with Crippen LogP contribution in [0.25, 0.3) is 0 Å². The fourth-order valence-corrected chi connectivity index (χ4v) is 2.53. The zero-order valence-corrected chi connectivity index (χ0v) is 16.7. The third-order valence-electron chi connectivity index (χ3n) is 3.31. The first-order valence-corrected chi connectivity index (χ1v) is 9.18. The Morgan fingerprint density at radius 1 is 0.786 bits per heavy atom. The van der Waals surface area contributed by atoms with Gasteiger partial charge in [-0.1, -0.05) is 34.8 Å². The van der Waals surface area contributed by atoms with Gasteiger partial charge in [0.15, 0.2) is 6.61 Å². The number of amides is 3. The van der Waals surface area contributed by atoms with Gasteiger partial charge in [-0.15, -0.1) is 0 Å². The van der Waals surface area contributed by atoms with Gasteiger partial charge in [0.1, 0.15) is 5.75 Å². The van der Waals surface area contributed by atoms with Gasteiger partial charge in [0.25, 0.3) is 5.91 Å². The zero-order valence-electron chi connectivity index (χ0n) is 14.4. The summed E-state index contributed by atoms with van der Waals surface area (Å²) in [4.78, 5) is 35.2. The number of anilines is 1. The first kappa shape index (κ1) is 21.8. The molecular formula is C18H16Cl3N3O4. The maximum Gasteiger partial charge on any atom is 0.276 e. The van der Waals surface area contributed by atoms with Crippen LogP contribution in [0.15, 0.2) is 42.5 Å².